The van der Waals surface area contributed by atoms with Crippen LogP contribution >= 0.6 is 0 Å². The van der Waals surface area contributed by atoms with Gasteiger partial charge in [0.1, 0.15) is 0 Å². The second-order valence-electron chi connectivity index (χ2n) is 6.14. The van der Waals surface area contributed by atoms with E-state index in [2.05, 4.69) is 11.9 Å². The lowest BCUT2D eigenvalue weighted by atomic mass is 9.92. The molecule has 0 heterocycles. The summed E-state index contributed by atoms with van der Waals surface area (Å²) in [5.41, 5.74) is 5.18. The molecule has 0 radical (unpaired) electrons. The Labute approximate surface area is 147 Å². The van der Waals surface area contributed by atoms with Crippen LogP contribution in [0, 0.1) is 0 Å². The predicted molar refractivity (Wildman–Crippen MR) is 96.8 cm³/mol. The number of carbonyl (C=O) groups excluding carboxylic acids is 1. The average Bonchev–Trinajstić information content (AvgIpc) is 2.96. The summed E-state index contributed by atoms with van der Waals surface area (Å²) >= 11 is 0. The molecule has 0 aliphatic heterocycles. The maximum Gasteiger partial charge on any atom is 0.286 e. The lowest BCUT2D eigenvalue weighted by Gasteiger charge is -2.24. The summed E-state index contributed by atoms with van der Waals surface area (Å²) in [6.45, 7) is 5.01. The molecule has 1 aliphatic rings. The number of carbonyl (C=O) groups is 1. The van der Waals surface area contributed by atoms with Crippen LogP contribution in [0.5, 0.6) is 0 Å². The molecular weight excluding hydrogens is 338 g/mol. The molecule has 3 rings (SSSR count). The van der Waals surface area contributed by atoms with Gasteiger partial charge in [-0.05, 0) is 40.3 Å². The summed E-state index contributed by atoms with van der Waals surface area (Å²) in [6, 6.07) is 13.7. The summed E-state index contributed by atoms with van der Waals surface area (Å²) < 4.78 is 33.2. The van der Waals surface area contributed by atoms with Crippen LogP contribution in [0.2, 0.25) is 0 Å². The fourth-order valence-corrected chi connectivity index (χ4v) is 4.36. The van der Waals surface area contributed by atoms with Crippen LogP contribution in [0.4, 0.5) is 0 Å². The van der Waals surface area contributed by atoms with Gasteiger partial charge in [0.05, 0.1) is 0 Å². The Morgan fingerprint density at radius 1 is 1.20 bits per heavy atom. The van der Waals surface area contributed by atoms with Crippen LogP contribution in [-0.2, 0) is 21.3 Å². The van der Waals surface area contributed by atoms with E-state index in [9.17, 15) is 17.8 Å². The van der Waals surface area contributed by atoms with E-state index in [-0.39, 0.29) is 0 Å². The van der Waals surface area contributed by atoms with Crippen molar-refractivity contribution in [3.05, 3.63) is 71.8 Å². The molecule has 2 unspecified atom stereocenters. The number of hydrogen-bond donors (Lipinski definition) is 2. The summed E-state index contributed by atoms with van der Waals surface area (Å²) in [6.07, 6.45) is 1.68. The van der Waals surface area contributed by atoms with Crippen LogP contribution < -0.4 is 5.32 Å². The van der Waals surface area contributed by atoms with Gasteiger partial charge >= 0.3 is 0 Å². The predicted octanol–water partition coefficient (Wildman–Crippen LogP) is 2.88. The SMILES string of the molecule is C=CC(=O)NC(C(C)c1cccc2c1Cc1ccccc1-2)S(=O)(=O)O. The first kappa shape index (κ1) is 17.4. The first-order valence-electron chi connectivity index (χ1n) is 7.92. The maximum absolute atomic E-state index is 11.8. The highest BCUT2D eigenvalue weighted by molar-refractivity contribution is 7.86. The van der Waals surface area contributed by atoms with E-state index < -0.39 is 27.3 Å². The molecule has 2 N–H and O–H groups in total. The average molecular weight is 357 g/mol. The van der Waals surface area contributed by atoms with Gasteiger partial charge in [-0.3, -0.25) is 9.35 Å². The largest absolute Gasteiger partial charge is 0.333 e. The maximum atomic E-state index is 11.8. The molecule has 6 heteroatoms. The molecule has 1 aliphatic carbocycles. The standard InChI is InChI=1S/C19H19NO4S/c1-3-18(21)20-19(25(22,23)24)12(2)14-9-6-10-16-15-8-5-4-7-13(15)11-17(14)16/h3-10,12,19H,1,11H2,2H3,(H,20,21)(H,22,23,24). The fourth-order valence-electron chi connectivity index (χ4n) is 3.43. The Balaban J connectivity index is 2.05. The lowest BCUT2D eigenvalue weighted by molar-refractivity contribution is -0.116. The van der Waals surface area contributed by atoms with Gasteiger partial charge in [0.2, 0.25) is 5.91 Å². The van der Waals surface area contributed by atoms with E-state index in [4.69, 9.17) is 0 Å². The third-order valence-electron chi connectivity index (χ3n) is 4.62. The van der Waals surface area contributed by atoms with Crippen molar-refractivity contribution in [2.75, 3.05) is 0 Å². The van der Waals surface area contributed by atoms with Crippen molar-refractivity contribution in [1.29, 1.82) is 0 Å². The van der Waals surface area contributed by atoms with Gasteiger partial charge in [-0.2, -0.15) is 8.42 Å². The number of nitrogens with one attached hydrogen (secondary N) is 1. The van der Waals surface area contributed by atoms with Crippen molar-refractivity contribution in [3.8, 4) is 11.1 Å². The van der Waals surface area contributed by atoms with Gasteiger partial charge < -0.3 is 5.32 Å². The van der Waals surface area contributed by atoms with E-state index in [0.29, 0.717) is 6.42 Å². The van der Waals surface area contributed by atoms with E-state index in [1.165, 1.54) is 5.56 Å². The van der Waals surface area contributed by atoms with Crippen LogP contribution in [0.1, 0.15) is 29.5 Å². The smallest absolute Gasteiger partial charge is 0.286 e. The van der Waals surface area contributed by atoms with Crippen molar-refractivity contribution >= 4 is 16.0 Å². The molecular formula is C19H19NO4S. The monoisotopic (exact) mass is 357 g/mol. The Morgan fingerprint density at radius 2 is 1.88 bits per heavy atom. The zero-order chi connectivity index (χ0) is 18.2. The Bertz CT molecular complexity index is 950. The zero-order valence-electron chi connectivity index (χ0n) is 13.8. The molecule has 130 valence electrons. The molecule has 0 spiro atoms. The minimum absolute atomic E-state index is 0.622. The number of amides is 1. The summed E-state index contributed by atoms with van der Waals surface area (Å²) in [7, 11) is -4.48. The van der Waals surface area contributed by atoms with Gasteiger partial charge in [0, 0.05) is 5.92 Å². The Hall–Kier alpha value is -2.44. The van der Waals surface area contributed by atoms with Crippen molar-refractivity contribution < 1.29 is 17.8 Å². The summed E-state index contributed by atoms with van der Waals surface area (Å²) in [5.74, 6) is -1.27. The molecule has 0 aromatic heterocycles. The van der Waals surface area contributed by atoms with E-state index in [1.807, 2.05) is 42.5 Å². The zero-order valence-corrected chi connectivity index (χ0v) is 14.6. The highest BCUT2D eigenvalue weighted by atomic mass is 32.2. The minimum Gasteiger partial charge on any atom is -0.333 e. The van der Waals surface area contributed by atoms with Crippen LogP contribution in [0.3, 0.4) is 0 Å². The Kier molecular flexibility index (Phi) is 4.49. The molecule has 2 atom stereocenters. The number of hydrogen-bond acceptors (Lipinski definition) is 3. The third kappa shape index (κ3) is 3.23. The van der Waals surface area contributed by atoms with Crippen molar-refractivity contribution in [1.82, 2.24) is 5.32 Å². The molecule has 25 heavy (non-hydrogen) atoms. The first-order chi connectivity index (χ1) is 11.8. The van der Waals surface area contributed by atoms with Crippen LogP contribution in [0.15, 0.2) is 55.1 Å². The fraction of sp³-hybridized carbons (Fsp3) is 0.211. The van der Waals surface area contributed by atoms with Gasteiger partial charge in [0.15, 0.2) is 5.37 Å². The highest BCUT2D eigenvalue weighted by Crippen LogP contribution is 2.41. The molecule has 2 aromatic rings. The van der Waals surface area contributed by atoms with Crippen LogP contribution in [0.25, 0.3) is 11.1 Å². The molecule has 0 fully saturated rings. The van der Waals surface area contributed by atoms with Gasteiger partial charge in [-0.1, -0.05) is 56.0 Å². The first-order valence-corrected chi connectivity index (χ1v) is 9.42. The second kappa shape index (κ2) is 6.46. The van der Waals surface area contributed by atoms with Crippen molar-refractivity contribution in [2.45, 2.75) is 24.6 Å². The lowest BCUT2D eigenvalue weighted by Crippen LogP contribution is -2.43. The molecule has 0 bridgehead atoms. The topological polar surface area (TPSA) is 83.5 Å². The second-order valence-corrected chi connectivity index (χ2v) is 7.68. The third-order valence-corrected chi connectivity index (χ3v) is 5.79. The van der Waals surface area contributed by atoms with Gasteiger partial charge in [0.25, 0.3) is 10.1 Å². The molecule has 0 saturated carbocycles. The highest BCUT2D eigenvalue weighted by Gasteiger charge is 2.34. The number of rotatable bonds is 5. The van der Waals surface area contributed by atoms with E-state index in [0.717, 1.165) is 28.3 Å². The molecule has 0 saturated heterocycles. The van der Waals surface area contributed by atoms with Gasteiger partial charge in [-0.15, -0.1) is 0 Å². The van der Waals surface area contributed by atoms with Crippen molar-refractivity contribution in [2.24, 2.45) is 0 Å². The summed E-state index contributed by atoms with van der Waals surface area (Å²) in [5, 5.41) is 0.885. The molecule has 1 amide bonds. The number of fused-ring (bicyclic) bond motifs is 3. The van der Waals surface area contributed by atoms with E-state index >= 15 is 0 Å². The molecule has 2 aromatic carbocycles. The Morgan fingerprint density at radius 3 is 2.56 bits per heavy atom. The molecule has 5 nitrogen and oxygen atoms in total. The van der Waals surface area contributed by atoms with Gasteiger partial charge in [-0.25, -0.2) is 0 Å². The van der Waals surface area contributed by atoms with E-state index in [1.54, 1.807) is 6.92 Å². The minimum atomic E-state index is -4.48. The van der Waals surface area contributed by atoms with Crippen molar-refractivity contribution in [3.63, 3.8) is 0 Å². The quantitative estimate of drug-likeness (QED) is 0.543. The number of benzene rings is 2. The normalized spacial score (nSPS) is 15.0. The van der Waals surface area contributed by atoms with Crippen LogP contribution in [-0.4, -0.2) is 24.3 Å². The summed E-state index contributed by atoms with van der Waals surface area (Å²) in [4.78, 5) is 11.6.